The van der Waals surface area contributed by atoms with Gasteiger partial charge in [-0.05, 0) is 46.7 Å². The smallest absolute Gasteiger partial charge is 0.129 e. The van der Waals surface area contributed by atoms with Crippen molar-refractivity contribution in [1.82, 2.24) is 0 Å². The maximum atomic E-state index is 5.80. The van der Waals surface area contributed by atoms with Crippen molar-refractivity contribution in [3.05, 3.63) is 27.3 Å². The average Bonchev–Trinajstić information content (AvgIpc) is 2.33. The lowest BCUT2D eigenvalue weighted by Gasteiger charge is -2.11. The van der Waals surface area contributed by atoms with Crippen LogP contribution in [0.4, 0.5) is 0 Å². The minimum absolute atomic E-state index is 0.601. The Hall–Kier alpha value is -0.473. The number of hydrogen-bond acceptors (Lipinski definition) is 1. The van der Waals surface area contributed by atoms with Crippen LogP contribution in [-0.4, -0.2) is 14.7 Å². The summed E-state index contributed by atoms with van der Waals surface area (Å²) in [6.45, 7) is 12.0. The zero-order valence-electron chi connectivity index (χ0n) is 12.5. The van der Waals surface area contributed by atoms with Crippen LogP contribution in [0.25, 0.3) is 0 Å². The van der Waals surface area contributed by atoms with Crippen LogP contribution in [0.1, 0.15) is 25.8 Å². The van der Waals surface area contributed by atoms with Gasteiger partial charge in [-0.1, -0.05) is 45.8 Å². The van der Waals surface area contributed by atoms with Crippen molar-refractivity contribution >= 4 is 30.7 Å². The molecule has 0 fully saturated rings. The molecule has 0 bridgehead atoms. The van der Waals surface area contributed by atoms with E-state index in [-0.39, 0.29) is 0 Å². The van der Waals surface area contributed by atoms with Crippen molar-refractivity contribution in [2.24, 2.45) is 5.92 Å². The molecule has 0 heterocycles. The average molecular weight is 386 g/mol. The Morgan fingerprint density at radius 3 is 2.53 bits per heavy atom. The molecule has 0 aliphatic heterocycles. The van der Waals surface area contributed by atoms with E-state index < -0.39 is 8.07 Å². The minimum atomic E-state index is -1.31. The molecule has 0 N–H and O–H groups in total. The van der Waals surface area contributed by atoms with E-state index in [1.165, 1.54) is 3.57 Å². The second kappa shape index (κ2) is 7.35. The second-order valence-corrected chi connectivity index (χ2v) is 11.9. The highest BCUT2D eigenvalue weighted by Gasteiger charge is 2.08. The van der Waals surface area contributed by atoms with Crippen LogP contribution >= 0.6 is 22.6 Å². The molecule has 1 rings (SSSR count). The van der Waals surface area contributed by atoms with E-state index in [1.54, 1.807) is 0 Å². The molecular formula is C16H23IOSi. The van der Waals surface area contributed by atoms with E-state index in [9.17, 15) is 0 Å². The lowest BCUT2D eigenvalue weighted by atomic mass is 10.1. The largest absolute Gasteiger partial charge is 0.493 e. The fraction of sp³-hybridized carbons (Fsp3) is 0.500. The third-order valence-electron chi connectivity index (χ3n) is 2.74. The number of rotatable bonds is 4. The summed E-state index contributed by atoms with van der Waals surface area (Å²) < 4.78 is 6.97. The van der Waals surface area contributed by atoms with Crippen LogP contribution in [0, 0.1) is 21.0 Å². The number of hydrogen-bond donors (Lipinski definition) is 0. The molecule has 1 nitrogen and oxygen atoms in total. The quantitative estimate of drug-likeness (QED) is 0.404. The van der Waals surface area contributed by atoms with Crippen molar-refractivity contribution in [2.45, 2.75) is 39.9 Å². The molecule has 0 amide bonds. The van der Waals surface area contributed by atoms with E-state index in [4.69, 9.17) is 4.74 Å². The molecule has 19 heavy (non-hydrogen) atoms. The van der Waals surface area contributed by atoms with E-state index in [1.807, 2.05) is 6.07 Å². The van der Waals surface area contributed by atoms with Gasteiger partial charge in [0.2, 0.25) is 0 Å². The third-order valence-corrected chi connectivity index (χ3v) is 4.51. The molecule has 1 aromatic carbocycles. The Morgan fingerprint density at radius 1 is 1.32 bits per heavy atom. The van der Waals surface area contributed by atoms with Crippen molar-refractivity contribution in [2.75, 3.05) is 6.61 Å². The fourth-order valence-electron chi connectivity index (χ4n) is 1.30. The predicted octanol–water partition coefficient (Wildman–Crippen LogP) is 4.95. The number of halogens is 1. The fourth-order valence-corrected chi connectivity index (χ4v) is 2.43. The summed E-state index contributed by atoms with van der Waals surface area (Å²) >= 11 is 2.34. The van der Waals surface area contributed by atoms with Gasteiger partial charge in [-0.25, -0.2) is 0 Å². The number of ether oxygens (including phenoxy) is 1. The maximum Gasteiger partial charge on any atom is 0.129 e. The monoisotopic (exact) mass is 386 g/mol. The summed E-state index contributed by atoms with van der Waals surface area (Å²) in [4.78, 5) is 0. The molecule has 104 valence electrons. The van der Waals surface area contributed by atoms with E-state index in [0.717, 1.165) is 24.3 Å². The SMILES string of the molecule is CC[C@H](C)COc1ccc(C#C[Si](C)(C)C)c(I)c1. The summed E-state index contributed by atoms with van der Waals surface area (Å²) in [5, 5.41) is 0. The molecule has 0 aliphatic rings. The van der Waals surface area contributed by atoms with Gasteiger partial charge in [-0.15, -0.1) is 5.54 Å². The van der Waals surface area contributed by atoms with Crippen molar-refractivity contribution in [1.29, 1.82) is 0 Å². The molecule has 1 aromatic rings. The van der Waals surface area contributed by atoms with Gasteiger partial charge >= 0.3 is 0 Å². The highest BCUT2D eigenvalue weighted by molar-refractivity contribution is 14.1. The zero-order chi connectivity index (χ0) is 14.5. The van der Waals surface area contributed by atoms with E-state index >= 15 is 0 Å². The topological polar surface area (TPSA) is 9.23 Å². The van der Waals surface area contributed by atoms with Gasteiger partial charge in [0.15, 0.2) is 0 Å². The minimum Gasteiger partial charge on any atom is -0.493 e. The van der Waals surface area contributed by atoms with Crippen LogP contribution < -0.4 is 4.74 Å². The Bertz CT molecular complexity index is 480. The molecule has 0 saturated heterocycles. The first kappa shape index (κ1) is 16.6. The lowest BCUT2D eigenvalue weighted by molar-refractivity contribution is 0.256. The molecule has 0 unspecified atom stereocenters. The van der Waals surface area contributed by atoms with Gasteiger partial charge in [0.1, 0.15) is 13.8 Å². The Balaban J connectivity index is 2.77. The molecular weight excluding hydrogens is 363 g/mol. The summed E-state index contributed by atoms with van der Waals surface area (Å²) in [6, 6.07) is 6.18. The van der Waals surface area contributed by atoms with Crippen LogP contribution in [0.15, 0.2) is 18.2 Å². The predicted molar refractivity (Wildman–Crippen MR) is 94.3 cm³/mol. The standard InChI is InChI=1S/C16H23IOSi/c1-6-13(2)12-18-15-8-7-14(16(17)11-15)9-10-19(3,4)5/h7-8,11,13H,6,12H2,1-5H3/t13-/m0/s1. The van der Waals surface area contributed by atoms with Crippen molar-refractivity contribution in [3.63, 3.8) is 0 Å². The van der Waals surface area contributed by atoms with Gasteiger partial charge in [-0.3, -0.25) is 0 Å². The Morgan fingerprint density at radius 2 is 2.00 bits per heavy atom. The second-order valence-electron chi connectivity index (χ2n) is 5.97. The normalized spacial score (nSPS) is 12.5. The van der Waals surface area contributed by atoms with Crippen LogP contribution in [0.3, 0.4) is 0 Å². The summed E-state index contributed by atoms with van der Waals surface area (Å²) in [5.74, 6) is 4.85. The van der Waals surface area contributed by atoms with E-state index in [0.29, 0.717) is 5.92 Å². The first-order valence-corrected chi connectivity index (χ1v) is 11.3. The molecule has 0 aromatic heterocycles. The van der Waals surface area contributed by atoms with Crippen molar-refractivity contribution in [3.8, 4) is 17.2 Å². The first-order chi connectivity index (χ1) is 8.81. The van der Waals surface area contributed by atoms with Crippen LogP contribution in [-0.2, 0) is 0 Å². The highest BCUT2D eigenvalue weighted by Crippen LogP contribution is 2.20. The third kappa shape index (κ3) is 6.48. The Labute approximate surface area is 132 Å². The van der Waals surface area contributed by atoms with E-state index in [2.05, 4.69) is 79.7 Å². The van der Waals surface area contributed by atoms with Crippen LogP contribution in [0.2, 0.25) is 19.6 Å². The van der Waals surface area contributed by atoms with Crippen molar-refractivity contribution < 1.29 is 4.74 Å². The highest BCUT2D eigenvalue weighted by atomic mass is 127. The summed E-state index contributed by atoms with van der Waals surface area (Å²) in [7, 11) is -1.31. The van der Waals surface area contributed by atoms with Gasteiger partial charge in [0.05, 0.1) is 6.61 Å². The summed E-state index contributed by atoms with van der Waals surface area (Å²) in [5.41, 5.74) is 4.51. The van der Waals surface area contributed by atoms with Crippen LogP contribution in [0.5, 0.6) is 5.75 Å². The molecule has 0 radical (unpaired) electrons. The number of benzene rings is 1. The first-order valence-electron chi connectivity index (χ1n) is 6.77. The maximum absolute atomic E-state index is 5.80. The zero-order valence-corrected chi connectivity index (χ0v) is 15.7. The van der Waals surface area contributed by atoms with Gasteiger partial charge in [-0.2, -0.15) is 0 Å². The molecule has 0 spiro atoms. The molecule has 0 aliphatic carbocycles. The summed E-state index contributed by atoms with van der Waals surface area (Å²) in [6.07, 6.45) is 1.15. The van der Waals surface area contributed by atoms with Gasteiger partial charge in [0, 0.05) is 9.13 Å². The lowest BCUT2D eigenvalue weighted by Crippen LogP contribution is -2.16. The van der Waals surface area contributed by atoms with Gasteiger partial charge in [0.25, 0.3) is 0 Å². The molecule has 3 heteroatoms. The Kier molecular flexibility index (Phi) is 6.41. The van der Waals surface area contributed by atoms with Gasteiger partial charge < -0.3 is 4.74 Å². The molecule has 1 atom stereocenters. The molecule has 0 saturated carbocycles.